The van der Waals surface area contributed by atoms with Gasteiger partial charge in [-0.2, -0.15) is 0 Å². The molecule has 2 N–H and O–H groups in total. The molecule has 2 aromatic carbocycles. The number of benzene rings is 2. The Morgan fingerprint density at radius 2 is 1.77 bits per heavy atom. The third-order valence-electron chi connectivity index (χ3n) is 3.50. The summed E-state index contributed by atoms with van der Waals surface area (Å²) in [6.07, 6.45) is 0. The fourth-order valence-corrected chi connectivity index (χ4v) is 2.25. The van der Waals surface area contributed by atoms with Gasteiger partial charge in [0.25, 0.3) is 5.91 Å². The zero-order valence-electron chi connectivity index (χ0n) is 13.8. The maximum absolute atomic E-state index is 11.8. The molecule has 132 valence electrons. The Bertz CT molecular complexity index is 905. The molecule has 0 bridgehead atoms. The minimum absolute atomic E-state index is 0.0456. The van der Waals surface area contributed by atoms with Crippen LogP contribution in [0, 0.1) is 0 Å². The Balaban J connectivity index is 1.52. The number of aromatic nitrogens is 1. The van der Waals surface area contributed by atoms with Gasteiger partial charge in [-0.05, 0) is 12.1 Å². The summed E-state index contributed by atoms with van der Waals surface area (Å²) in [7, 11) is 0. The van der Waals surface area contributed by atoms with Gasteiger partial charge < -0.3 is 19.7 Å². The van der Waals surface area contributed by atoms with E-state index in [2.05, 4.69) is 5.16 Å². The van der Waals surface area contributed by atoms with Crippen LogP contribution in [0.3, 0.4) is 0 Å². The van der Waals surface area contributed by atoms with Crippen LogP contribution in [0.2, 0.25) is 0 Å². The molecule has 0 saturated heterocycles. The minimum Gasteiger partial charge on any atom is -0.481 e. The molecule has 0 radical (unpaired) electrons. The quantitative estimate of drug-likeness (QED) is 0.655. The maximum atomic E-state index is 11.8. The number of nitrogens with zero attached hydrogens (tertiary/aromatic N) is 1. The van der Waals surface area contributed by atoms with Gasteiger partial charge in [0.1, 0.15) is 18.1 Å². The van der Waals surface area contributed by atoms with E-state index < -0.39 is 11.9 Å². The van der Waals surface area contributed by atoms with Crippen LogP contribution in [0.5, 0.6) is 5.75 Å². The van der Waals surface area contributed by atoms with Crippen LogP contribution in [0.25, 0.3) is 11.3 Å². The van der Waals surface area contributed by atoms with Gasteiger partial charge in [0.2, 0.25) is 0 Å². The SMILES string of the molecule is NC(=O)c1ccccc1OCC(=O)OCc1cc(-c2ccccc2)on1. The van der Waals surface area contributed by atoms with Crippen LogP contribution < -0.4 is 10.5 Å². The second-order valence-electron chi connectivity index (χ2n) is 5.36. The number of esters is 1. The number of rotatable bonds is 7. The first-order valence-corrected chi connectivity index (χ1v) is 7.82. The fraction of sp³-hybridized carbons (Fsp3) is 0.105. The lowest BCUT2D eigenvalue weighted by Gasteiger charge is -2.08. The van der Waals surface area contributed by atoms with Gasteiger partial charge in [-0.25, -0.2) is 4.79 Å². The summed E-state index contributed by atoms with van der Waals surface area (Å²) in [5.74, 6) is -0.424. The molecule has 1 heterocycles. The molecular formula is C19H16N2O5. The number of hydrogen-bond acceptors (Lipinski definition) is 6. The first-order valence-electron chi connectivity index (χ1n) is 7.82. The Hall–Kier alpha value is -3.61. The third-order valence-corrected chi connectivity index (χ3v) is 3.50. The summed E-state index contributed by atoms with van der Waals surface area (Å²) in [5.41, 5.74) is 6.81. The van der Waals surface area contributed by atoms with Gasteiger partial charge in [-0.15, -0.1) is 0 Å². The van der Waals surface area contributed by atoms with E-state index in [0.29, 0.717) is 11.5 Å². The van der Waals surface area contributed by atoms with Crippen LogP contribution >= 0.6 is 0 Å². The molecule has 3 rings (SSSR count). The monoisotopic (exact) mass is 352 g/mol. The topological polar surface area (TPSA) is 105 Å². The Labute approximate surface area is 149 Å². The molecule has 1 aromatic heterocycles. The largest absolute Gasteiger partial charge is 0.481 e. The number of para-hydroxylation sites is 1. The van der Waals surface area contributed by atoms with Crippen LogP contribution in [0.4, 0.5) is 0 Å². The van der Waals surface area contributed by atoms with E-state index in [1.54, 1.807) is 24.3 Å². The fourth-order valence-electron chi connectivity index (χ4n) is 2.25. The number of amides is 1. The molecule has 0 unspecified atom stereocenters. The van der Waals surface area contributed by atoms with Gasteiger partial charge in [-0.3, -0.25) is 4.79 Å². The van der Waals surface area contributed by atoms with Crippen molar-refractivity contribution >= 4 is 11.9 Å². The van der Waals surface area contributed by atoms with Crippen LogP contribution in [-0.2, 0) is 16.1 Å². The third kappa shape index (κ3) is 4.27. The number of carbonyl (C=O) groups is 2. The van der Waals surface area contributed by atoms with Crippen molar-refractivity contribution < 1.29 is 23.6 Å². The predicted octanol–water partition coefficient (Wildman–Crippen LogP) is 2.56. The summed E-state index contributed by atoms with van der Waals surface area (Å²) in [4.78, 5) is 23.1. The number of carbonyl (C=O) groups excluding carboxylic acids is 2. The summed E-state index contributed by atoms with van der Waals surface area (Å²) >= 11 is 0. The molecule has 7 heteroatoms. The first kappa shape index (κ1) is 17.2. The Morgan fingerprint density at radius 3 is 2.54 bits per heavy atom. The smallest absolute Gasteiger partial charge is 0.344 e. The second kappa shape index (κ2) is 7.98. The van der Waals surface area contributed by atoms with E-state index in [4.69, 9.17) is 19.7 Å². The molecule has 0 aliphatic heterocycles. The van der Waals surface area contributed by atoms with E-state index in [9.17, 15) is 9.59 Å². The highest BCUT2D eigenvalue weighted by Crippen LogP contribution is 2.20. The van der Waals surface area contributed by atoms with Crippen LogP contribution in [-0.4, -0.2) is 23.6 Å². The van der Waals surface area contributed by atoms with Gasteiger partial charge >= 0.3 is 5.97 Å². The highest BCUT2D eigenvalue weighted by molar-refractivity contribution is 5.95. The van der Waals surface area contributed by atoms with Crippen molar-refractivity contribution in [1.82, 2.24) is 5.16 Å². The molecule has 1 amide bonds. The van der Waals surface area contributed by atoms with E-state index in [-0.39, 0.29) is 24.5 Å². The zero-order valence-corrected chi connectivity index (χ0v) is 13.8. The predicted molar refractivity (Wildman–Crippen MR) is 92.2 cm³/mol. The molecule has 26 heavy (non-hydrogen) atoms. The average molecular weight is 352 g/mol. The first-order chi connectivity index (χ1) is 12.6. The molecule has 0 spiro atoms. The van der Waals surface area contributed by atoms with Crippen molar-refractivity contribution in [1.29, 1.82) is 0 Å². The molecule has 3 aromatic rings. The van der Waals surface area contributed by atoms with Crippen molar-refractivity contribution in [3.05, 3.63) is 71.9 Å². The average Bonchev–Trinajstić information content (AvgIpc) is 3.14. The van der Waals surface area contributed by atoms with E-state index >= 15 is 0 Å². The summed E-state index contributed by atoms with van der Waals surface area (Å²) < 4.78 is 15.6. The van der Waals surface area contributed by atoms with Gasteiger partial charge in [0, 0.05) is 11.6 Å². The molecule has 0 aliphatic rings. The minimum atomic E-state index is -0.634. The van der Waals surface area contributed by atoms with Crippen LogP contribution in [0.1, 0.15) is 16.1 Å². The number of ether oxygens (including phenoxy) is 2. The van der Waals surface area contributed by atoms with Crippen molar-refractivity contribution in [2.45, 2.75) is 6.61 Å². The zero-order chi connectivity index (χ0) is 18.4. The maximum Gasteiger partial charge on any atom is 0.344 e. The molecule has 0 atom stereocenters. The lowest BCUT2D eigenvalue weighted by Crippen LogP contribution is -2.18. The van der Waals surface area contributed by atoms with Gasteiger partial charge in [0.15, 0.2) is 12.4 Å². The normalized spacial score (nSPS) is 10.3. The van der Waals surface area contributed by atoms with Crippen LogP contribution in [0.15, 0.2) is 65.2 Å². The molecule has 0 fully saturated rings. The lowest BCUT2D eigenvalue weighted by molar-refractivity contribution is -0.147. The summed E-state index contributed by atoms with van der Waals surface area (Å²) in [6.45, 7) is -0.399. The molecule has 0 saturated carbocycles. The van der Waals surface area contributed by atoms with E-state index in [0.717, 1.165) is 5.56 Å². The van der Waals surface area contributed by atoms with Gasteiger partial charge in [-0.1, -0.05) is 47.6 Å². The van der Waals surface area contributed by atoms with Crippen molar-refractivity contribution in [2.24, 2.45) is 5.73 Å². The summed E-state index contributed by atoms with van der Waals surface area (Å²) in [6, 6.07) is 17.6. The lowest BCUT2D eigenvalue weighted by atomic mass is 10.2. The van der Waals surface area contributed by atoms with Crippen molar-refractivity contribution in [3.8, 4) is 17.1 Å². The highest BCUT2D eigenvalue weighted by Gasteiger charge is 2.12. The molecular weight excluding hydrogens is 336 g/mol. The molecule has 7 nitrogen and oxygen atoms in total. The highest BCUT2D eigenvalue weighted by atomic mass is 16.6. The Morgan fingerprint density at radius 1 is 1.04 bits per heavy atom. The van der Waals surface area contributed by atoms with E-state index in [1.807, 2.05) is 30.3 Å². The van der Waals surface area contributed by atoms with Crippen molar-refractivity contribution in [3.63, 3.8) is 0 Å². The van der Waals surface area contributed by atoms with Crippen molar-refractivity contribution in [2.75, 3.05) is 6.61 Å². The molecule has 0 aliphatic carbocycles. The number of primary amides is 1. The number of nitrogens with two attached hydrogens (primary N) is 1. The Kier molecular flexibility index (Phi) is 5.28. The van der Waals surface area contributed by atoms with Gasteiger partial charge in [0.05, 0.1) is 5.56 Å². The standard InChI is InChI=1S/C19H16N2O5/c20-19(23)15-8-4-5-9-16(15)24-12-18(22)25-11-14-10-17(26-21-14)13-6-2-1-3-7-13/h1-10H,11-12H2,(H2,20,23). The van der Waals surface area contributed by atoms with E-state index in [1.165, 1.54) is 6.07 Å². The number of hydrogen-bond donors (Lipinski definition) is 1. The second-order valence-corrected chi connectivity index (χ2v) is 5.36. The summed E-state index contributed by atoms with van der Waals surface area (Å²) in [5, 5.41) is 3.87.